The second-order valence-electron chi connectivity index (χ2n) is 3.19. The molecule has 0 radical (unpaired) electrons. The van der Waals surface area contributed by atoms with Gasteiger partial charge in [0.05, 0.1) is 27.1 Å². The smallest absolute Gasteiger partial charge is 0.0942 e. The van der Waals surface area contributed by atoms with E-state index in [4.69, 9.17) is 5.73 Å². The highest BCUT2D eigenvalue weighted by Gasteiger charge is 2.04. The third-order valence-corrected chi connectivity index (χ3v) is 3.49. The first-order valence-electron chi connectivity index (χ1n) is 4.78. The van der Waals surface area contributed by atoms with Gasteiger partial charge in [0.25, 0.3) is 0 Å². The molecule has 0 bridgehead atoms. The molecule has 84 valence electrons. The van der Waals surface area contributed by atoms with Gasteiger partial charge in [0.2, 0.25) is 0 Å². The van der Waals surface area contributed by atoms with E-state index in [0.29, 0.717) is 5.69 Å². The summed E-state index contributed by atoms with van der Waals surface area (Å²) >= 11 is 5.07. The van der Waals surface area contributed by atoms with Crippen molar-refractivity contribution in [2.24, 2.45) is 0 Å². The van der Waals surface area contributed by atoms with Crippen LogP contribution in [0.3, 0.4) is 0 Å². The summed E-state index contributed by atoms with van der Waals surface area (Å²) in [5.41, 5.74) is 7.35. The second-order valence-corrected chi connectivity index (χ2v) is 5.02. The van der Waals surface area contributed by atoms with E-state index >= 15 is 0 Å². The number of thiazole rings is 1. The number of nitrogen functional groups attached to an aromatic ring is 1. The van der Waals surface area contributed by atoms with Crippen molar-refractivity contribution < 1.29 is 0 Å². The molecular formula is C10H11BrN4S. The molecule has 3 N–H and O–H groups in total. The molecule has 0 amide bonds. The summed E-state index contributed by atoms with van der Waals surface area (Å²) in [6.45, 7) is 0.806. The molecule has 0 spiro atoms. The monoisotopic (exact) mass is 298 g/mol. The fourth-order valence-corrected chi connectivity index (χ4v) is 2.42. The molecule has 2 rings (SSSR count). The van der Waals surface area contributed by atoms with Gasteiger partial charge in [0.15, 0.2) is 0 Å². The fourth-order valence-electron chi connectivity index (χ4n) is 1.31. The average molecular weight is 299 g/mol. The molecule has 0 aliphatic carbocycles. The summed E-state index contributed by atoms with van der Waals surface area (Å²) in [5.74, 6) is 0. The minimum Gasteiger partial charge on any atom is -0.396 e. The van der Waals surface area contributed by atoms with Crippen molar-refractivity contribution in [2.45, 2.75) is 6.42 Å². The molecule has 0 atom stereocenters. The van der Waals surface area contributed by atoms with Gasteiger partial charge in [-0.3, -0.25) is 4.98 Å². The lowest BCUT2D eigenvalue weighted by atomic mass is 10.3. The first kappa shape index (κ1) is 11.3. The van der Waals surface area contributed by atoms with Crippen LogP contribution in [0.15, 0.2) is 28.4 Å². The zero-order valence-corrected chi connectivity index (χ0v) is 10.9. The van der Waals surface area contributed by atoms with E-state index in [1.54, 1.807) is 23.7 Å². The highest BCUT2D eigenvalue weighted by Crippen LogP contribution is 2.26. The van der Waals surface area contributed by atoms with E-state index in [1.807, 2.05) is 11.6 Å². The van der Waals surface area contributed by atoms with Crippen LogP contribution >= 0.6 is 27.3 Å². The van der Waals surface area contributed by atoms with Crippen molar-refractivity contribution in [1.82, 2.24) is 9.97 Å². The van der Waals surface area contributed by atoms with Crippen LogP contribution in [0, 0.1) is 0 Å². The summed E-state index contributed by atoms with van der Waals surface area (Å²) in [4.78, 5) is 8.20. The largest absolute Gasteiger partial charge is 0.396 e. The quantitative estimate of drug-likeness (QED) is 0.910. The molecule has 0 aliphatic rings. The van der Waals surface area contributed by atoms with Crippen molar-refractivity contribution >= 4 is 38.6 Å². The Balaban J connectivity index is 1.95. The van der Waals surface area contributed by atoms with Crippen molar-refractivity contribution in [2.75, 3.05) is 17.6 Å². The van der Waals surface area contributed by atoms with E-state index in [9.17, 15) is 0 Å². The topological polar surface area (TPSA) is 63.8 Å². The Kier molecular flexibility index (Phi) is 3.74. The standard InChI is InChI=1S/C10H11BrN4S/c11-7-5-13-6-8(12)10(7)15-2-1-9-14-3-4-16-9/h3-6H,1-2,12H2,(H,13,15). The number of rotatable bonds is 4. The van der Waals surface area contributed by atoms with Gasteiger partial charge in [-0.05, 0) is 15.9 Å². The summed E-state index contributed by atoms with van der Waals surface area (Å²) in [7, 11) is 0. The van der Waals surface area contributed by atoms with Crippen molar-refractivity contribution in [1.29, 1.82) is 0 Å². The lowest BCUT2D eigenvalue weighted by molar-refractivity contribution is 0.996. The normalized spacial score (nSPS) is 10.3. The molecule has 2 aromatic heterocycles. The zero-order chi connectivity index (χ0) is 11.4. The van der Waals surface area contributed by atoms with Crippen LogP contribution in [-0.2, 0) is 6.42 Å². The predicted molar refractivity (Wildman–Crippen MR) is 70.7 cm³/mol. The Morgan fingerprint density at radius 2 is 2.31 bits per heavy atom. The number of hydrogen-bond acceptors (Lipinski definition) is 5. The number of nitrogens with one attached hydrogen (secondary N) is 1. The number of pyridine rings is 1. The number of nitrogens with two attached hydrogens (primary N) is 1. The van der Waals surface area contributed by atoms with Gasteiger partial charge in [-0.1, -0.05) is 0 Å². The molecule has 0 aliphatic heterocycles. The third kappa shape index (κ3) is 2.70. The first-order chi connectivity index (χ1) is 7.77. The first-order valence-corrected chi connectivity index (χ1v) is 6.46. The van der Waals surface area contributed by atoms with Gasteiger partial charge in [0.1, 0.15) is 0 Å². The third-order valence-electron chi connectivity index (χ3n) is 2.05. The van der Waals surface area contributed by atoms with Gasteiger partial charge in [-0.2, -0.15) is 0 Å². The van der Waals surface area contributed by atoms with Crippen molar-refractivity contribution in [3.63, 3.8) is 0 Å². The molecule has 16 heavy (non-hydrogen) atoms. The predicted octanol–water partition coefficient (Wildman–Crippen LogP) is 2.54. The van der Waals surface area contributed by atoms with Gasteiger partial charge < -0.3 is 11.1 Å². The van der Waals surface area contributed by atoms with Gasteiger partial charge in [-0.15, -0.1) is 11.3 Å². The van der Waals surface area contributed by atoms with E-state index < -0.39 is 0 Å². The van der Waals surface area contributed by atoms with Gasteiger partial charge in [0, 0.05) is 30.7 Å². The minimum atomic E-state index is 0.647. The summed E-state index contributed by atoms with van der Waals surface area (Å²) in [6, 6.07) is 0. The van der Waals surface area contributed by atoms with Crippen LogP contribution in [0.1, 0.15) is 5.01 Å². The maximum atomic E-state index is 5.81. The summed E-state index contributed by atoms with van der Waals surface area (Å²) in [5, 5.41) is 6.37. The Morgan fingerprint density at radius 1 is 1.44 bits per heavy atom. The molecular weight excluding hydrogens is 288 g/mol. The molecule has 4 nitrogen and oxygen atoms in total. The molecule has 0 saturated carbocycles. The average Bonchev–Trinajstić information content (AvgIpc) is 2.75. The number of anilines is 2. The number of aromatic nitrogens is 2. The summed E-state index contributed by atoms with van der Waals surface area (Å²) in [6.07, 6.45) is 6.07. The van der Waals surface area contributed by atoms with Crippen LogP contribution in [0.5, 0.6) is 0 Å². The number of hydrogen-bond donors (Lipinski definition) is 2. The van der Waals surface area contributed by atoms with Crippen LogP contribution in [0.25, 0.3) is 0 Å². The molecule has 2 heterocycles. The SMILES string of the molecule is Nc1cncc(Br)c1NCCc1nccs1. The Bertz CT molecular complexity index is 438. The van der Waals surface area contributed by atoms with Crippen LogP contribution < -0.4 is 11.1 Å². The lowest BCUT2D eigenvalue weighted by Crippen LogP contribution is -2.07. The van der Waals surface area contributed by atoms with Crippen LogP contribution in [-0.4, -0.2) is 16.5 Å². The maximum absolute atomic E-state index is 5.81. The van der Waals surface area contributed by atoms with Crippen LogP contribution in [0.2, 0.25) is 0 Å². The summed E-state index contributed by atoms with van der Waals surface area (Å²) < 4.78 is 0.881. The van der Waals surface area contributed by atoms with E-state index in [2.05, 4.69) is 31.2 Å². The minimum absolute atomic E-state index is 0.647. The van der Waals surface area contributed by atoms with E-state index in [1.165, 1.54) is 0 Å². The van der Waals surface area contributed by atoms with Gasteiger partial charge in [-0.25, -0.2) is 4.98 Å². The Hall–Kier alpha value is -1.14. The fraction of sp³-hybridized carbons (Fsp3) is 0.200. The number of halogens is 1. The van der Waals surface area contributed by atoms with E-state index in [0.717, 1.165) is 28.1 Å². The van der Waals surface area contributed by atoms with E-state index in [-0.39, 0.29) is 0 Å². The highest BCUT2D eigenvalue weighted by atomic mass is 79.9. The molecule has 0 fully saturated rings. The second kappa shape index (κ2) is 5.27. The van der Waals surface area contributed by atoms with Crippen molar-refractivity contribution in [3.8, 4) is 0 Å². The van der Waals surface area contributed by atoms with Crippen LogP contribution in [0.4, 0.5) is 11.4 Å². The molecule has 0 aromatic carbocycles. The van der Waals surface area contributed by atoms with Crippen molar-refractivity contribution in [3.05, 3.63) is 33.5 Å². The molecule has 0 unspecified atom stereocenters. The Labute approximate surface area is 106 Å². The highest BCUT2D eigenvalue weighted by molar-refractivity contribution is 9.10. The lowest BCUT2D eigenvalue weighted by Gasteiger charge is -2.09. The van der Waals surface area contributed by atoms with Gasteiger partial charge >= 0.3 is 0 Å². The zero-order valence-electron chi connectivity index (χ0n) is 8.48. The number of nitrogens with zero attached hydrogens (tertiary/aromatic N) is 2. The molecule has 2 aromatic rings. The molecule has 0 saturated heterocycles. The molecule has 6 heteroatoms. The Morgan fingerprint density at radius 3 is 3.00 bits per heavy atom. The maximum Gasteiger partial charge on any atom is 0.0942 e.